The molecular formula is C16H17ClF3NO. The van der Waals surface area contributed by atoms with Gasteiger partial charge in [0.15, 0.2) is 0 Å². The molecule has 1 unspecified atom stereocenters. The van der Waals surface area contributed by atoms with Crippen molar-refractivity contribution < 1.29 is 18.0 Å². The van der Waals surface area contributed by atoms with Gasteiger partial charge >= 0.3 is 6.18 Å². The molecule has 0 fully saturated rings. The highest BCUT2D eigenvalue weighted by atomic mass is 35.5. The van der Waals surface area contributed by atoms with Gasteiger partial charge in [-0.1, -0.05) is 29.8 Å². The average Bonchev–Trinajstić information content (AvgIpc) is 2.48. The smallest absolute Gasteiger partial charge is 0.388 e. The predicted molar refractivity (Wildman–Crippen MR) is 81.1 cm³/mol. The Bertz CT molecular complexity index is 581. The van der Waals surface area contributed by atoms with Gasteiger partial charge in [0.25, 0.3) is 0 Å². The third-order valence-electron chi connectivity index (χ3n) is 3.44. The van der Waals surface area contributed by atoms with Gasteiger partial charge in [0.1, 0.15) is 6.10 Å². The molecule has 1 aliphatic carbocycles. The average molecular weight is 332 g/mol. The lowest BCUT2D eigenvalue weighted by Gasteiger charge is -2.17. The normalized spacial score (nSPS) is 19.3. The van der Waals surface area contributed by atoms with Crippen molar-refractivity contribution in [3.63, 3.8) is 0 Å². The topological polar surface area (TPSA) is 21.6 Å². The Morgan fingerprint density at radius 2 is 2.18 bits per heavy atom. The van der Waals surface area contributed by atoms with Gasteiger partial charge in [-0.25, -0.2) is 0 Å². The van der Waals surface area contributed by atoms with Crippen LogP contribution in [0.3, 0.4) is 0 Å². The van der Waals surface area contributed by atoms with E-state index in [4.69, 9.17) is 16.4 Å². The standard InChI is InChI=1S/C16H17ClF3NO/c1-2-15(21-22-12-6-4-3-5-7-12)13-10-11(17)8-9-14(13)16(18,19)20/h4,6,8-10,12H,2-3,5,7H2,1H3. The number of allylic oxidation sites excluding steroid dienone is 1. The van der Waals surface area contributed by atoms with Crippen LogP contribution in [-0.4, -0.2) is 11.8 Å². The minimum Gasteiger partial charge on any atom is -0.388 e. The molecule has 0 amide bonds. The van der Waals surface area contributed by atoms with Crippen LogP contribution in [0.2, 0.25) is 5.02 Å². The van der Waals surface area contributed by atoms with E-state index in [-0.39, 0.29) is 22.4 Å². The molecule has 0 N–H and O–H groups in total. The summed E-state index contributed by atoms with van der Waals surface area (Å²) in [6, 6.07) is 3.49. The molecule has 0 saturated carbocycles. The molecule has 2 rings (SSSR count). The number of halogens is 4. The fourth-order valence-electron chi connectivity index (χ4n) is 2.31. The third kappa shape index (κ3) is 4.26. The molecule has 0 radical (unpaired) electrons. The molecule has 0 aliphatic heterocycles. The molecule has 120 valence electrons. The fourth-order valence-corrected chi connectivity index (χ4v) is 2.48. The van der Waals surface area contributed by atoms with Crippen LogP contribution < -0.4 is 0 Å². The van der Waals surface area contributed by atoms with Gasteiger partial charge in [-0.2, -0.15) is 13.2 Å². The van der Waals surface area contributed by atoms with Crippen LogP contribution in [0, 0.1) is 0 Å². The summed E-state index contributed by atoms with van der Waals surface area (Å²) in [6.45, 7) is 1.74. The lowest BCUT2D eigenvalue weighted by atomic mass is 10.0. The van der Waals surface area contributed by atoms with E-state index in [1.165, 1.54) is 12.1 Å². The van der Waals surface area contributed by atoms with E-state index in [9.17, 15) is 13.2 Å². The first-order chi connectivity index (χ1) is 10.4. The molecule has 0 spiro atoms. The summed E-state index contributed by atoms with van der Waals surface area (Å²) in [4.78, 5) is 5.39. The van der Waals surface area contributed by atoms with Crippen molar-refractivity contribution in [2.24, 2.45) is 5.16 Å². The van der Waals surface area contributed by atoms with Crippen LogP contribution in [0.4, 0.5) is 13.2 Å². The van der Waals surface area contributed by atoms with Gasteiger partial charge in [0.2, 0.25) is 0 Å². The highest BCUT2D eigenvalue weighted by molar-refractivity contribution is 6.31. The molecule has 1 aromatic rings. The minimum atomic E-state index is -4.46. The molecular weight excluding hydrogens is 315 g/mol. The Balaban J connectivity index is 2.31. The van der Waals surface area contributed by atoms with Crippen LogP contribution in [0.1, 0.15) is 43.7 Å². The Kier molecular flexibility index (Phi) is 5.51. The van der Waals surface area contributed by atoms with Gasteiger partial charge in [0.05, 0.1) is 11.3 Å². The van der Waals surface area contributed by atoms with Crippen molar-refractivity contribution in [2.75, 3.05) is 0 Å². The summed E-state index contributed by atoms with van der Waals surface area (Å²) in [6.07, 6.45) is 2.38. The quantitative estimate of drug-likeness (QED) is 0.400. The van der Waals surface area contributed by atoms with Crippen LogP contribution in [-0.2, 0) is 11.0 Å². The first kappa shape index (κ1) is 16.9. The Hall–Kier alpha value is -1.49. The first-order valence-electron chi connectivity index (χ1n) is 7.18. The number of hydrogen-bond acceptors (Lipinski definition) is 2. The van der Waals surface area contributed by atoms with Crippen LogP contribution >= 0.6 is 11.6 Å². The molecule has 0 bridgehead atoms. The molecule has 6 heteroatoms. The number of rotatable bonds is 4. The number of oxime groups is 1. The summed E-state index contributed by atoms with van der Waals surface area (Å²) >= 11 is 5.84. The maximum Gasteiger partial charge on any atom is 0.417 e. The largest absolute Gasteiger partial charge is 0.417 e. The minimum absolute atomic E-state index is 0.0257. The number of alkyl halides is 3. The second kappa shape index (κ2) is 7.18. The van der Waals surface area contributed by atoms with Gasteiger partial charge in [-0.15, -0.1) is 0 Å². The lowest BCUT2D eigenvalue weighted by Crippen LogP contribution is -2.15. The van der Waals surface area contributed by atoms with Crippen molar-refractivity contribution in [3.05, 3.63) is 46.5 Å². The van der Waals surface area contributed by atoms with E-state index >= 15 is 0 Å². The highest BCUT2D eigenvalue weighted by Gasteiger charge is 2.34. The molecule has 0 heterocycles. The van der Waals surface area contributed by atoms with E-state index in [0.717, 1.165) is 25.3 Å². The summed E-state index contributed by atoms with van der Waals surface area (Å²) in [5.41, 5.74) is -0.531. The van der Waals surface area contributed by atoms with E-state index in [0.29, 0.717) is 6.42 Å². The van der Waals surface area contributed by atoms with E-state index in [1.807, 2.05) is 12.2 Å². The summed E-state index contributed by atoms with van der Waals surface area (Å²) in [5.74, 6) is 0. The molecule has 0 saturated heterocycles. The number of benzene rings is 1. The van der Waals surface area contributed by atoms with Crippen molar-refractivity contribution in [1.29, 1.82) is 0 Å². The zero-order valence-corrected chi connectivity index (χ0v) is 12.9. The Morgan fingerprint density at radius 3 is 2.77 bits per heavy atom. The fraction of sp³-hybridized carbons (Fsp3) is 0.438. The maximum atomic E-state index is 13.1. The molecule has 1 aliphatic rings. The molecule has 22 heavy (non-hydrogen) atoms. The first-order valence-corrected chi connectivity index (χ1v) is 7.56. The number of nitrogens with zero attached hydrogens (tertiary/aromatic N) is 1. The number of hydrogen-bond donors (Lipinski definition) is 0. The summed E-state index contributed by atoms with van der Waals surface area (Å²) in [5, 5.41) is 4.20. The van der Waals surface area contributed by atoms with Crippen molar-refractivity contribution in [1.82, 2.24) is 0 Å². The molecule has 2 nitrogen and oxygen atoms in total. The second-order valence-corrected chi connectivity index (χ2v) is 5.52. The molecule has 1 aromatic carbocycles. The monoisotopic (exact) mass is 331 g/mol. The van der Waals surface area contributed by atoms with Crippen molar-refractivity contribution in [3.8, 4) is 0 Å². The van der Waals surface area contributed by atoms with E-state index in [1.54, 1.807) is 6.92 Å². The van der Waals surface area contributed by atoms with Crippen LogP contribution in [0.25, 0.3) is 0 Å². The molecule has 0 aromatic heterocycles. The zero-order valence-electron chi connectivity index (χ0n) is 12.2. The van der Waals surface area contributed by atoms with Crippen molar-refractivity contribution >= 4 is 17.3 Å². The van der Waals surface area contributed by atoms with Gasteiger partial charge in [-0.3, -0.25) is 0 Å². The van der Waals surface area contributed by atoms with Gasteiger partial charge < -0.3 is 4.84 Å². The zero-order chi connectivity index (χ0) is 16.2. The molecule has 1 atom stereocenters. The van der Waals surface area contributed by atoms with Crippen LogP contribution in [0.5, 0.6) is 0 Å². The van der Waals surface area contributed by atoms with Gasteiger partial charge in [-0.05, 0) is 50.0 Å². The SMILES string of the molecule is CCC(=NOC1C=CCCC1)c1cc(Cl)ccc1C(F)(F)F. The second-order valence-electron chi connectivity index (χ2n) is 5.08. The summed E-state index contributed by atoms with van der Waals surface area (Å²) < 4.78 is 39.4. The maximum absolute atomic E-state index is 13.1. The Morgan fingerprint density at radius 1 is 1.41 bits per heavy atom. The third-order valence-corrected chi connectivity index (χ3v) is 3.68. The Labute approximate surface area is 132 Å². The summed E-state index contributed by atoms with van der Waals surface area (Å²) in [7, 11) is 0. The lowest BCUT2D eigenvalue weighted by molar-refractivity contribution is -0.137. The predicted octanol–water partition coefficient (Wildman–Crippen LogP) is 5.60. The van der Waals surface area contributed by atoms with E-state index in [2.05, 4.69) is 5.16 Å². The van der Waals surface area contributed by atoms with Crippen molar-refractivity contribution in [2.45, 2.75) is 44.9 Å². The van der Waals surface area contributed by atoms with E-state index < -0.39 is 11.7 Å². The highest BCUT2D eigenvalue weighted by Crippen LogP contribution is 2.34. The van der Waals surface area contributed by atoms with Gasteiger partial charge in [0, 0.05) is 10.6 Å². The van der Waals surface area contributed by atoms with Crippen LogP contribution in [0.15, 0.2) is 35.5 Å².